The monoisotopic (exact) mass is 231 g/mol. The zero-order valence-corrected chi connectivity index (χ0v) is 9.64. The Bertz CT molecular complexity index is 569. The van der Waals surface area contributed by atoms with Gasteiger partial charge in [0.2, 0.25) is 0 Å². The molecule has 2 aromatic rings. The smallest absolute Gasteiger partial charge is 0.325 e. The van der Waals surface area contributed by atoms with E-state index in [4.69, 9.17) is 5.11 Å². The van der Waals surface area contributed by atoms with Gasteiger partial charge in [0, 0.05) is 5.39 Å². The van der Waals surface area contributed by atoms with E-state index >= 15 is 0 Å². The lowest BCUT2D eigenvalue weighted by Crippen LogP contribution is -2.26. The molecule has 5 heteroatoms. The molecule has 88 valence electrons. The maximum atomic E-state index is 10.8. The summed E-state index contributed by atoms with van der Waals surface area (Å²) in [7, 11) is 0. The number of rotatable bonds is 3. The van der Waals surface area contributed by atoms with Crippen LogP contribution in [0.3, 0.4) is 0 Å². The van der Waals surface area contributed by atoms with Crippen LogP contribution in [0.1, 0.15) is 12.5 Å². The molecular weight excluding hydrogens is 218 g/mol. The number of aliphatic carboxylic acids is 1. The van der Waals surface area contributed by atoms with Crippen molar-refractivity contribution in [2.45, 2.75) is 19.9 Å². The Hall–Kier alpha value is -2.17. The SMILES string of the molecule is Cc1cccc2c(N[C@@H](C)C(=O)O)ncnc12. The number of anilines is 1. The van der Waals surface area contributed by atoms with Gasteiger partial charge in [-0.15, -0.1) is 0 Å². The predicted molar refractivity (Wildman–Crippen MR) is 65.0 cm³/mol. The molecular formula is C12H13N3O2. The first-order chi connectivity index (χ1) is 8.09. The fraction of sp³-hybridized carbons (Fsp3) is 0.250. The normalized spacial score (nSPS) is 12.4. The first kappa shape index (κ1) is 11.3. The van der Waals surface area contributed by atoms with Crippen LogP contribution in [0.25, 0.3) is 10.9 Å². The van der Waals surface area contributed by atoms with Crippen LogP contribution in [0.2, 0.25) is 0 Å². The molecule has 0 aliphatic heterocycles. The summed E-state index contributed by atoms with van der Waals surface area (Å²) in [6.45, 7) is 3.53. The topological polar surface area (TPSA) is 75.1 Å². The Kier molecular flexibility index (Phi) is 2.91. The van der Waals surface area contributed by atoms with Crippen molar-refractivity contribution in [1.29, 1.82) is 0 Å². The molecule has 1 heterocycles. The number of nitrogens with zero attached hydrogens (tertiary/aromatic N) is 2. The van der Waals surface area contributed by atoms with E-state index in [0.717, 1.165) is 16.5 Å². The Morgan fingerprint density at radius 1 is 1.41 bits per heavy atom. The van der Waals surface area contributed by atoms with Crippen molar-refractivity contribution in [2.75, 3.05) is 5.32 Å². The number of benzene rings is 1. The average Bonchev–Trinajstić information content (AvgIpc) is 2.30. The molecule has 1 atom stereocenters. The maximum Gasteiger partial charge on any atom is 0.325 e. The molecule has 2 N–H and O–H groups in total. The van der Waals surface area contributed by atoms with E-state index in [2.05, 4.69) is 15.3 Å². The van der Waals surface area contributed by atoms with E-state index in [9.17, 15) is 4.79 Å². The van der Waals surface area contributed by atoms with Crippen molar-refractivity contribution < 1.29 is 9.90 Å². The Morgan fingerprint density at radius 2 is 2.18 bits per heavy atom. The fourth-order valence-corrected chi connectivity index (χ4v) is 1.62. The van der Waals surface area contributed by atoms with Gasteiger partial charge in [0.15, 0.2) is 0 Å². The first-order valence-electron chi connectivity index (χ1n) is 5.29. The van der Waals surface area contributed by atoms with Crippen LogP contribution in [0.4, 0.5) is 5.82 Å². The van der Waals surface area contributed by atoms with Gasteiger partial charge in [0.1, 0.15) is 18.2 Å². The van der Waals surface area contributed by atoms with Crippen molar-refractivity contribution >= 4 is 22.7 Å². The standard InChI is InChI=1S/C12H13N3O2/c1-7-4-3-5-9-10(7)13-6-14-11(9)15-8(2)12(16)17/h3-6,8H,1-2H3,(H,16,17)(H,13,14,15)/t8-/m0/s1. The van der Waals surface area contributed by atoms with Crippen LogP contribution in [-0.4, -0.2) is 27.1 Å². The number of carboxylic acids is 1. The lowest BCUT2D eigenvalue weighted by molar-refractivity contribution is -0.137. The van der Waals surface area contributed by atoms with Gasteiger partial charge in [0.05, 0.1) is 5.52 Å². The highest BCUT2D eigenvalue weighted by Crippen LogP contribution is 2.21. The van der Waals surface area contributed by atoms with Gasteiger partial charge in [-0.1, -0.05) is 12.1 Å². The number of para-hydroxylation sites is 1. The second-order valence-electron chi connectivity index (χ2n) is 3.90. The summed E-state index contributed by atoms with van der Waals surface area (Å²) in [6.07, 6.45) is 1.44. The van der Waals surface area contributed by atoms with E-state index < -0.39 is 12.0 Å². The molecule has 1 aromatic heterocycles. The minimum absolute atomic E-state index is 0.550. The minimum Gasteiger partial charge on any atom is -0.480 e. The Labute approximate surface area is 98.5 Å². The number of hydrogen-bond acceptors (Lipinski definition) is 4. The zero-order chi connectivity index (χ0) is 12.4. The molecule has 0 aliphatic rings. The number of carbonyl (C=O) groups is 1. The van der Waals surface area contributed by atoms with Gasteiger partial charge in [-0.3, -0.25) is 4.79 Å². The number of aryl methyl sites for hydroxylation is 1. The van der Waals surface area contributed by atoms with Crippen molar-refractivity contribution in [3.63, 3.8) is 0 Å². The number of aromatic nitrogens is 2. The second-order valence-corrected chi connectivity index (χ2v) is 3.90. The lowest BCUT2D eigenvalue weighted by atomic mass is 10.1. The number of fused-ring (bicyclic) bond motifs is 1. The summed E-state index contributed by atoms with van der Waals surface area (Å²) in [5, 5.41) is 12.6. The van der Waals surface area contributed by atoms with Crippen LogP contribution < -0.4 is 5.32 Å². The zero-order valence-electron chi connectivity index (χ0n) is 9.64. The van der Waals surface area contributed by atoms with Crippen molar-refractivity contribution in [3.8, 4) is 0 Å². The van der Waals surface area contributed by atoms with Gasteiger partial charge in [-0.2, -0.15) is 0 Å². The molecule has 0 fully saturated rings. The highest BCUT2D eigenvalue weighted by Gasteiger charge is 2.13. The van der Waals surface area contributed by atoms with E-state index in [1.807, 2.05) is 25.1 Å². The van der Waals surface area contributed by atoms with Crippen LogP contribution in [0.15, 0.2) is 24.5 Å². The van der Waals surface area contributed by atoms with Crippen LogP contribution in [0, 0.1) is 6.92 Å². The van der Waals surface area contributed by atoms with Gasteiger partial charge in [-0.25, -0.2) is 9.97 Å². The van der Waals surface area contributed by atoms with Crippen molar-refractivity contribution in [1.82, 2.24) is 9.97 Å². The van der Waals surface area contributed by atoms with Crippen LogP contribution in [-0.2, 0) is 4.79 Å². The van der Waals surface area contributed by atoms with E-state index in [1.165, 1.54) is 6.33 Å². The molecule has 0 radical (unpaired) electrons. The van der Waals surface area contributed by atoms with Gasteiger partial charge >= 0.3 is 5.97 Å². The third kappa shape index (κ3) is 2.18. The van der Waals surface area contributed by atoms with Gasteiger partial charge in [-0.05, 0) is 25.5 Å². The Balaban J connectivity index is 2.48. The number of hydrogen-bond donors (Lipinski definition) is 2. The third-order valence-electron chi connectivity index (χ3n) is 2.59. The molecule has 0 saturated heterocycles. The van der Waals surface area contributed by atoms with Gasteiger partial charge in [0.25, 0.3) is 0 Å². The largest absolute Gasteiger partial charge is 0.480 e. The fourth-order valence-electron chi connectivity index (χ4n) is 1.62. The first-order valence-corrected chi connectivity index (χ1v) is 5.29. The summed E-state index contributed by atoms with van der Waals surface area (Å²) >= 11 is 0. The molecule has 0 amide bonds. The van der Waals surface area contributed by atoms with E-state index in [0.29, 0.717) is 5.82 Å². The highest BCUT2D eigenvalue weighted by molar-refractivity contribution is 5.92. The molecule has 5 nitrogen and oxygen atoms in total. The van der Waals surface area contributed by atoms with Crippen LogP contribution in [0.5, 0.6) is 0 Å². The van der Waals surface area contributed by atoms with Crippen molar-refractivity contribution in [2.24, 2.45) is 0 Å². The molecule has 0 bridgehead atoms. The summed E-state index contributed by atoms with van der Waals surface area (Å²) in [6, 6.07) is 5.05. The quantitative estimate of drug-likeness (QED) is 0.842. The predicted octanol–water partition coefficient (Wildman–Crippen LogP) is 1.82. The lowest BCUT2D eigenvalue weighted by Gasteiger charge is -2.12. The molecule has 2 rings (SSSR count). The summed E-state index contributed by atoms with van der Waals surface area (Å²) in [5.41, 5.74) is 1.87. The second kappa shape index (κ2) is 4.37. The molecule has 0 spiro atoms. The molecule has 17 heavy (non-hydrogen) atoms. The minimum atomic E-state index is -0.913. The summed E-state index contributed by atoms with van der Waals surface area (Å²) in [5.74, 6) is -0.363. The molecule has 0 saturated carbocycles. The summed E-state index contributed by atoms with van der Waals surface area (Å²) in [4.78, 5) is 19.1. The third-order valence-corrected chi connectivity index (χ3v) is 2.59. The average molecular weight is 231 g/mol. The van der Waals surface area contributed by atoms with E-state index in [-0.39, 0.29) is 0 Å². The van der Waals surface area contributed by atoms with Crippen molar-refractivity contribution in [3.05, 3.63) is 30.1 Å². The summed E-state index contributed by atoms with van der Waals surface area (Å²) < 4.78 is 0. The highest BCUT2D eigenvalue weighted by atomic mass is 16.4. The Morgan fingerprint density at radius 3 is 2.88 bits per heavy atom. The number of carboxylic acid groups (broad SMARTS) is 1. The molecule has 0 aliphatic carbocycles. The molecule has 0 unspecified atom stereocenters. The van der Waals surface area contributed by atoms with Crippen LogP contribution >= 0.6 is 0 Å². The van der Waals surface area contributed by atoms with E-state index in [1.54, 1.807) is 6.92 Å². The maximum absolute atomic E-state index is 10.8. The molecule has 1 aromatic carbocycles. The van der Waals surface area contributed by atoms with Gasteiger partial charge < -0.3 is 10.4 Å². The number of nitrogens with one attached hydrogen (secondary N) is 1.